The second kappa shape index (κ2) is 8.14. The lowest BCUT2D eigenvalue weighted by Gasteiger charge is -2.32. The van der Waals surface area contributed by atoms with E-state index in [4.69, 9.17) is 0 Å². The molecule has 1 saturated heterocycles. The Labute approximate surface area is 173 Å². The van der Waals surface area contributed by atoms with Crippen LogP contribution in [0.5, 0.6) is 0 Å². The van der Waals surface area contributed by atoms with Crippen LogP contribution in [0, 0.1) is 12.7 Å². The number of imidazole rings is 1. The molecule has 1 amide bonds. The van der Waals surface area contributed by atoms with E-state index < -0.39 is 12.0 Å². The highest BCUT2D eigenvalue weighted by Gasteiger charge is 2.24. The highest BCUT2D eigenvalue weighted by Crippen LogP contribution is 2.28. The van der Waals surface area contributed by atoms with Gasteiger partial charge in [-0.2, -0.15) is 5.10 Å². The van der Waals surface area contributed by atoms with Crippen molar-refractivity contribution in [2.45, 2.75) is 38.9 Å². The highest BCUT2D eigenvalue weighted by atomic mass is 19.1. The van der Waals surface area contributed by atoms with Gasteiger partial charge in [0.05, 0.1) is 11.9 Å². The van der Waals surface area contributed by atoms with Gasteiger partial charge in [-0.3, -0.25) is 9.89 Å². The van der Waals surface area contributed by atoms with E-state index in [2.05, 4.69) is 25.4 Å². The summed E-state index contributed by atoms with van der Waals surface area (Å²) in [6.07, 6.45) is 2.32. The molecule has 1 fully saturated rings. The van der Waals surface area contributed by atoms with Crippen LogP contribution in [0.2, 0.25) is 0 Å². The minimum absolute atomic E-state index is 0.00484. The second-order valence-corrected chi connectivity index (χ2v) is 8.03. The Morgan fingerprint density at radius 2 is 2.10 bits per heavy atom. The maximum Gasteiger partial charge on any atom is 0.270 e. The lowest BCUT2D eigenvalue weighted by Crippen LogP contribution is -2.45. The third-order valence-corrected chi connectivity index (χ3v) is 5.79. The molecule has 3 aromatic rings. The summed E-state index contributed by atoms with van der Waals surface area (Å²) in [4.78, 5) is 19.2. The van der Waals surface area contributed by atoms with E-state index in [1.54, 1.807) is 19.2 Å². The monoisotopic (exact) mass is 416 g/mol. The molecule has 0 saturated carbocycles. The molecule has 1 atom stereocenters. The molecule has 1 unspecified atom stereocenters. The minimum atomic E-state index is -0.861. The Kier molecular flexibility index (Phi) is 5.55. The van der Waals surface area contributed by atoms with Crippen LogP contribution >= 0.6 is 0 Å². The van der Waals surface area contributed by atoms with Crippen molar-refractivity contribution < 1.29 is 13.6 Å². The molecule has 9 heteroatoms. The number of aromatic nitrogens is 4. The normalized spacial score (nSPS) is 16.8. The van der Waals surface area contributed by atoms with Gasteiger partial charge in [-0.05, 0) is 38.8 Å². The van der Waals surface area contributed by atoms with E-state index in [0.717, 1.165) is 37.4 Å². The molecule has 1 aliphatic rings. The standard InChI is InChI=1S/C21H26F2N6O/c1-12(22)11-29-6-4-15(5-7-29)25-21(30)20-16-8-14(9-17(23)19(16)26-27-20)18-10-24-13(2)28(18)3/h8-10,12,15H,4-7,11H2,1-3H3,(H,25,30)(H,26,27). The number of alkyl halides is 1. The number of likely N-dealkylation sites (tertiary alicyclic amines) is 1. The number of nitrogens with one attached hydrogen (secondary N) is 2. The molecule has 1 aromatic carbocycles. The van der Waals surface area contributed by atoms with Gasteiger partial charge in [-0.15, -0.1) is 0 Å². The zero-order valence-electron chi connectivity index (χ0n) is 17.4. The number of hydrogen-bond acceptors (Lipinski definition) is 4. The number of nitrogens with zero attached hydrogens (tertiary/aromatic N) is 4. The summed E-state index contributed by atoms with van der Waals surface area (Å²) in [7, 11) is 1.86. The first-order chi connectivity index (χ1) is 14.3. The third-order valence-electron chi connectivity index (χ3n) is 5.79. The number of hydrogen-bond donors (Lipinski definition) is 2. The SMILES string of the molecule is Cc1ncc(-c2cc(F)c3n[nH]c(C(=O)NC4CCN(CC(C)F)CC4)c3c2)n1C. The molecule has 0 spiro atoms. The molecule has 2 N–H and O–H groups in total. The lowest BCUT2D eigenvalue weighted by atomic mass is 10.0. The summed E-state index contributed by atoms with van der Waals surface area (Å²) >= 11 is 0. The summed E-state index contributed by atoms with van der Waals surface area (Å²) in [5, 5.41) is 10.1. The van der Waals surface area contributed by atoms with Gasteiger partial charge in [0.15, 0.2) is 5.82 Å². The molecular formula is C21H26F2N6O. The van der Waals surface area contributed by atoms with E-state index in [-0.39, 0.29) is 23.2 Å². The van der Waals surface area contributed by atoms with Gasteiger partial charge in [-0.25, -0.2) is 13.8 Å². The molecule has 2 aromatic heterocycles. The van der Waals surface area contributed by atoms with Crippen molar-refractivity contribution in [2.75, 3.05) is 19.6 Å². The molecule has 7 nitrogen and oxygen atoms in total. The number of piperidine rings is 1. The maximum atomic E-state index is 14.7. The molecular weight excluding hydrogens is 390 g/mol. The largest absolute Gasteiger partial charge is 0.348 e. The van der Waals surface area contributed by atoms with Crippen molar-refractivity contribution in [1.29, 1.82) is 0 Å². The molecule has 0 aliphatic carbocycles. The second-order valence-electron chi connectivity index (χ2n) is 8.03. The average Bonchev–Trinajstić information content (AvgIpc) is 3.27. The minimum Gasteiger partial charge on any atom is -0.348 e. The molecule has 4 rings (SSSR count). The van der Waals surface area contributed by atoms with Crippen molar-refractivity contribution in [3.05, 3.63) is 35.7 Å². The lowest BCUT2D eigenvalue weighted by molar-refractivity contribution is 0.0898. The van der Waals surface area contributed by atoms with E-state index in [0.29, 0.717) is 17.5 Å². The molecule has 30 heavy (non-hydrogen) atoms. The Morgan fingerprint density at radius 3 is 2.73 bits per heavy atom. The number of carbonyl (C=O) groups excluding carboxylic acids is 1. The number of fused-ring (bicyclic) bond motifs is 1. The number of aryl methyl sites for hydroxylation is 1. The van der Waals surface area contributed by atoms with Gasteiger partial charge in [-0.1, -0.05) is 0 Å². The summed E-state index contributed by atoms with van der Waals surface area (Å²) in [6, 6.07) is 3.16. The van der Waals surface area contributed by atoms with Crippen LogP contribution in [-0.2, 0) is 7.05 Å². The van der Waals surface area contributed by atoms with Crippen LogP contribution in [0.4, 0.5) is 8.78 Å². The first-order valence-corrected chi connectivity index (χ1v) is 10.2. The van der Waals surface area contributed by atoms with Crippen LogP contribution in [0.3, 0.4) is 0 Å². The van der Waals surface area contributed by atoms with Crippen molar-refractivity contribution in [3.8, 4) is 11.3 Å². The van der Waals surface area contributed by atoms with Crippen molar-refractivity contribution in [2.24, 2.45) is 7.05 Å². The van der Waals surface area contributed by atoms with Crippen LogP contribution in [0.1, 0.15) is 36.1 Å². The summed E-state index contributed by atoms with van der Waals surface area (Å²) in [6.45, 7) is 5.32. The number of carbonyl (C=O) groups is 1. The Bertz CT molecular complexity index is 1070. The van der Waals surface area contributed by atoms with Gasteiger partial charge in [0.25, 0.3) is 5.91 Å². The van der Waals surface area contributed by atoms with Crippen LogP contribution in [0.25, 0.3) is 22.2 Å². The molecule has 1 aliphatic heterocycles. The third kappa shape index (κ3) is 3.94. The van der Waals surface area contributed by atoms with Gasteiger partial charge in [0, 0.05) is 43.7 Å². The van der Waals surface area contributed by atoms with Gasteiger partial charge < -0.3 is 14.8 Å². The molecule has 160 valence electrons. The number of H-pyrrole nitrogens is 1. The predicted molar refractivity (Wildman–Crippen MR) is 110 cm³/mol. The van der Waals surface area contributed by atoms with Crippen LogP contribution in [0.15, 0.2) is 18.3 Å². The first-order valence-electron chi connectivity index (χ1n) is 10.2. The van der Waals surface area contributed by atoms with Crippen molar-refractivity contribution in [3.63, 3.8) is 0 Å². The highest BCUT2D eigenvalue weighted by molar-refractivity contribution is 6.05. The zero-order chi connectivity index (χ0) is 21.4. The van der Waals surface area contributed by atoms with E-state index in [9.17, 15) is 13.6 Å². The van der Waals surface area contributed by atoms with Crippen molar-refractivity contribution >= 4 is 16.8 Å². The summed E-state index contributed by atoms with van der Waals surface area (Å²) in [5.74, 6) is 0.00186. The predicted octanol–water partition coefficient (Wildman–Crippen LogP) is 2.96. The van der Waals surface area contributed by atoms with E-state index in [1.807, 2.05) is 18.5 Å². The van der Waals surface area contributed by atoms with Gasteiger partial charge >= 0.3 is 0 Å². The number of rotatable bonds is 5. The number of amides is 1. The first kappa shape index (κ1) is 20.5. The van der Waals surface area contributed by atoms with Crippen LogP contribution in [-0.4, -0.2) is 62.4 Å². The number of aromatic amines is 1. The molecule has 0 radical (unpaired) electrons. The zero-order valence-corrected chi connectivity index (χ0v) is 17.4. The Hall–Kier alpha value is -2.81. The van der Waals surface area contributed by atoms with Gasteiger partial charge in [0.2, 0.25) is 0 Å². The Balaban J connectivity index is 1.54. The number of halogens is 2. The molecule has 3 heterocycles. The Morgan fingerprint density at radius 1 is 1.37 bits per heavy atom. The van der Waals surface area contributed by atoms with E-state index in [1.165, 1.54) is 6.07 Å². The molecule has 0 bridgehead atoms. The number of benzene rings is 1. The summed E-state index contributed by atoms with van der Waals surface area (Å²) in [5.41, 5.74) is 1.77. The van der Waals surface area contributed by atoms with Crippen molar-refractivity contribution in [1.82, 2.24) is 30.0 Å². The van der Waals surface area contributed by atoms with Crippen LogP contribution < -0.4 is 5.32 Å². The maximum absolute atomic E-state index is 14.7. The summed E-state index contributed by atoms with van der Waals surface area (Å²) < 4.78 is 29.7. The smallest absolute Gasteiger partial charge is 0.270 e. The fourth-order valence-corrected chi connectivity index (χ4v) is 4.04. The average molecular weight is 416 g/mol. The fraction of sp³-hybridized carbons (Fsp3) is 0.476. The fourth-order valence-electron chi connectivity index (χ4n) is 4.04. The topological polar surface area (TPSA) is 78.8 Å². The quantitative estimate of drug-likeness (QED) is 0.670. The van der Waals surface area contributed by atoms with Gasteiger partial charge in [0.1, 0.15) is 23.2 Å². The van der Waals surface area contributed by atoms with E-state index >= 15 is 0 Å².